The third-order valence-corrected chi connectivity index (χ3v) is 5.31. The summed E-state index contributed by atoms with van der Waals surface area (Å²) >= 11 is 6.17. The van der Waals surface area contributed by atoms with E-state index in [1.807, 2.05) is 19.1 Å². The Hall–Kier alpha value is -4.24. The number of ether oxygens (including phenoxy) is 2. The van der Waals surface area contributed by atoms with E-state index in [1.165, 1.54) is 0 Å². The van der Waals surface area contributed by atoms with Crippen molar-refractivity contribution in [3.8, 4) is 11.5 Å². The molecule has 0 aliphatic heterocycles. The average molecular weight is 511 g/mol. The van der Waals surface area contributed by atoms with E-state index in [1.54, 1.807) is 48.5 Å². The lowest BCUT2D eigenvalue weighted by Gasteiger charge is -2.17. The van der Waals surface area contributed by atoms with Gasteiger partial charge in [0.2, 0.25) is 0 Å². The van der Waals surface area contributed by atoms with Crippen molar-refractivity contribution in [2.24, 2.45) is 5.73 Å². The van der Waals surface area contributed by atoms with Gasteiger partial charge in [0.25, 0.3) is 5.91 Å². The molecule has 0 saturated carbocycles. The molecule has 0 saturated heterocycles. The number of nitrogen functional groups attached to an aromatic ring is 1. The number of amides is 1. The van der Waals surface area contributed by atoms with Gasteiger partial charge in [-0.2, -0.15) is 0 Å². The molecule has 3 rings (SSSR count). The zero-order chi connectivity index (χ0) is 26.1. The highest BCUT2D eigenvalue weighted by atomic mass is 35.5. The Balaban J connectivity index is 1.80. The number of carbonyl (C=O) groups excluding carboxylic acids is 1. The number of carbonyl (C=O) groups is 2. The predicted octanol–water partition coefficient (Wildman–Crippen LogP) is 4.74. The molecular formula is C26H27ClN4O5. The number of anilines is 2. The van der Waals surface area contributed by atoms with Crippen molar-refractivity contribution < 1.29 is 24.2 Å². The maximum Gasteiger partial charge on any atom is 0.306 e. The topological polar surface area (TPSA) is 147 Å². The van der Waals surface area contributed by atoms with Crippen molar-refractivity contribution in [3.05, 3.63) is 82.4 Å². The first-order chi connectivity index (χ1) is 17.3. The number of carboxylic acids is 1. The number of hydrogen-bond acceptors (Lipinski definition) is 6. The van der Waals surface area contributed by atoms with Crippen molar-refractivity contribution in [3.63, 3.8) is 0 Å². The quantitative estimate of drug-likeness (QED) is 0.174. The molecule has 10 heteroatoms. The largest absolute Gasteiger partial charge is 0.490 e. The number of para-hydroxylation sites is 1. The van der Waals surface area contributed by atoms with Gasteiger partial charge in [0, 0.05) is 34.1 Å². The summed E-state index contributed by atoms with van der Waals surface area (Å²) in [7, 11) is 0. The van der Waals surface area contributed by atoms with Crippen LogP contribution in [0.4, 0.5) is 11.4 Å². The van der Waals surface area contributed by atoms with Gasteiger partial charge in [-0.1, -0.05) is 23.7 Å². The van der Waals surface area contributed by atoms with Crippen molar-refractivity contribution >= 4 is 40.7 Å². The number of carboxylic acid groups (broad SMARTS) is 1. The monoisotopic (exact) mass is 510 g/mol. The molecule has 0 fully saturated rings. The Labute approximate surface area is 213 Å². The van der Waals surface area contributed by atoms with Crippen LogP contribution in [0.25, 0.3) is 0 Å². The lowest BCUT2D eigenvalue weighted by molar-refractivity contribution is -0.137. The second kappa shape index (κ2) is 12.5. The van der Waals surface area contributed by atoms with Gasteiger partial charge < -0.3 is 30.9 Å². The predicted molar refractivity (Wildman–Crippen MR) is 140 cm³/mol. The molecule has 6 N–H and O–H groups in total. The first kappa shape index (κ1) is 26.4. The number of halogens is 1. The fourth-order valence-electron chi connectivity index (χ4n) is 3.35. The van der Waals surface area contributed by atoms with Gasteiger partial charge in [-0.25, -0.2) is 0 Å². The molecule has 0 aliphatic rings. The van der Waals surface area contributed by atoms with Crippen molar-refractivity contribution in [2.75, 3.05) is 23.8 Å². The van der Waals surface area contributed by atoms with Crippen LogP contribution in [0.1, 0.15) is 34.8 Å². The van der Waals surface area contributed by atoms with Gasteiger partial charge in [-0.05, 0) is 55.5 Å². The normalized spacial score (nSPS) is 10.4. The number of nitrogens with one attached hydrogen (secondary N) is 3. The highest BCUT2D eigenvalue weighted by Crippen LogP contribution is 2.33. The summed E-state index contributed by atoms with van der Waals surface area (Å²) in [6, 6.07) is 16.9. The van der Waals surface area contributed by atoms with Crippen molar-refractivity contribution in [2.45, 2.75) is 19.9 Å². The first-order valence-corrected chi connectivity index (χ1v) is 11.5. The SMILES string of the molecule is CCOc1cccc(CNc2ccc(Cl)cc2C(=O)Nc2ccc(C(=N)N)cc2)c1OCCC(=O)O. The van der Waals surface area contributed by atoms with E-state index in [4.69, 9.17) is 37.3 Å². The summed E-state index contributed by atoms with van der Waals surface area (Å²) in [5.41, 5.74) is 8.16. The Morgan fingerprint density at radius 3 is 2.50 bits per heavy atom. The minimum absolute atomic E-state index is 0.0105. The van der Waals surface area contributed by atoms with Gasteiger partial charge in [0.1, 0.15) is 5.84 Å². The van der Waals surface area contributed by atoms with Crippen LogP contribution in [0.15, 0.2) is 60.7 Å². The van der Waals surface area contributed by atoms with Crippen LogP contribution < -0.4 is 25.8 Å². The molecule has 0 unspecified atom stereocenters. The van der Waals surface area contributed by atoms with Gasteiger partial charge in [0.15, 0.2) is 11.5 Å². The maximum absolute atomic E-state index is 13.1. The standard InChI is InChI=1S/C26H27ClN4O5/c1-2-35-22-5-3-4-17(24(22)36-13-12-23(32)33)15-30-21-11-8-18(27)14-20(21)26(34)31-19-9-6-16(7-10-19)25(28)29/h3-11,14,30H,2,12-13,15H2,1H3,(H3,28,29)(H,31,34)(H,32,33). The fourth-order valence-corrected chi connectivity index (χ4v) is 3.53. The zero-order valence-electron chi connectivity index (χ0n) is 19.6. The minimum Gasteiger partial charge on any atom is -0.490 e. The molecule has 0 aliphatic carbocycles. The third-order valence-electron chi connectivity index (χ3n) is 5.07. The summed E-state index contributed by atoms with van der Waals surface area (Å²) in [5.74, 6) is -0.453. The second-order valence-electron chi connectivity index (χ2n) is 7.66. The number of benzene rings is 3. The summed E-state index contributed by atoms with van der Waals surface area (Å²) in [6.45, 7) is 2.53. The van der Waals surface area contributed by atoms with Crippen molar-refractivity contribution in [1.82, 2.24) is 0 Å². The van der Waals surface area contributed by atoms with Crippen LogP contribution >= 0.6 is 11.6 Å². The Morgan fingerprint density at radius 2 is 1.83 bits per heavy atom. The fraction of sp³-hybridized carbons (Fsp3) is 0.192. The van der Waals surface area contributed by atoms with Crippen LogP contribution in [0.3, 0.4) is 0 Å². The number of rotatable bonds is 12. The molecule has 0 radical (unpaired) electrons. The van der Waals surface area contributed by atoms with Crippen LogP contribution in [0.2, 0.25) is 5.02 Å². The van der Waals surface area contributed by atoms with E-state index in [9.17, 15) is 9.59 Å². The summed E-state index contributed by atoms with van der Waals surface area (Å²) in [4.78, 5) is 24.0. The second-order valence-corrected chi connectivity index (χ2v) is 8.09. The third kappa shape index (κ3) is 7.13. The van der Waals surface area contributed by atoms with Crippen LogP contribution in [0.5, 0.6) is 11.5 Å². The Kier molecular flexibility index (Phi) is 9.13. The highest BCUT2D eigenvalue weighted by Gasteiger charge is 2.16. The summed E-state index contributed by atoms with van der Waals surface area (Å²) < 4.78 is 11.4. The number of amidine groups is 1. The molecular weight excluding hydrogens is 484 g/mol. The molecule has 0 spiro atoms. The van der Waals surface area contributed by atoms with Gasteiger partial charge in [-0.3, -0.25) is 15.0 Å². The molecule has 0 aromatic heterocycles. The smallest absolute Gasteiger partial charge is 0.306 e. The molecule has 3 aromatic rings. The van der Waals surface area contributed by atoms with Crippen LogP contribution in [-0.2, 0) is 11.3 Å². The lowest BCUT2D eigenvalue weighted by atomic mass is 10.1. The average Bonchev–Trinajstić information content (AvgIpc) is 2.84. The number of aliphatic carboxylic acids is 1. The van der Waals surface area contributed by atoms with Gasteiger partial charge >= 0.3 is 5.97 Å². The van der Waals surface area contributed by atoms with Gasteiger partial charge in [-0.15, -0.1) is 0 Å². The molecule has 0 heterocycles. The van der Waals surface area contributed by atoms with E-state index in [0.29, 0.717) is 45.6 Å². The summed E-state index contributed by atoms with van der Waals surface area (Å²) in [5, 5.41) is 22.9. The van der Waals surface area contributed by atoms with Gasteiger partial charge in [0.05, 0.1) is 25.2 Å². The molecule has 1 amide bonds. The van der Waals surface area contributed by atoms with Crippen LogP contribution in [0, 0.1) is 5.41 Å². The molecule has 0 atom stereocenters. The number of nitrogens with two attached hydrogens (primary N) is 1. The maximum atomic E-state index is 13.1. The van der Waals surface area contributed by atoms with E-state index in [2.05, 4.69) is 10.6 Å². The Bertz CT molecular complexity index is 1250. The molecule has 9 nitrogen and oxygen atoms in total. The minimum atomic E-state index is -0.962. The van der Waals surface area contributed by atoms with E-state index in [-0.39, 0.29) is 31.3 Å². The van der Waals surface area contributed by atoms with Crippen molar-refractivity contribution in [1.29, 1.82) is 5.41 Å². The van der Waals surface area contributed by atoms with E-state index >= 15 is 0 Å². The molecule has 188 valence electrons. The van der Waals surface area contributed by atoms with E-state index in [0.717, 1.165) is 5.56 Å². The molecule has 0 bridgehead atoms. The number of hydrogen-bond donors (Lipinski definition) is 5. The van der Waals surface area contributed by atoms with Crippen LogP contribution in [-0.4, -0.2) is 36.0 Å². The lowest BCUT2D eigenvalue weighted by Crippen LogP contribution is -2.16. The zero-order valence-corrected chi connectivity index (χ0v) is 20.4. The Morgan fingerprint density at radius 1 is 1.08 bits per heavy atom. The summed E-state index contributed by atoms with van der Waals surface area (Å²) in [6.07, 6.45) is -0.151. The first-order valence-electron chi connectivity index (χ1n) is 11.2. The molecule has 36 heavy (non-hydrogen) atoms. The highest BCUT2D eigenvalue weighted by molar-refractivity contribution is 6.31. The van der Waals surface area contributed by atoms with E-state index < -0.39 is 5.97 Å². The molecule has 3 aromatic carbocycles.